The van der Waals surface area contributed by atoms with E-state index in [1.54, 1.807) is 0 Å². The minimum atomic E-state index is -4.40. The van der Waals surface area contributed by atoms with E-state index in [9.17, 15) is 13.3 Å². The lowest BCUT2D eigenvalue weighted by Crippen LogP contribution is -2.20. The molecular formula is C8H17F2O3PS. The van der Waals surface area contributed by atoms with Crippen molar-refractivity contribution in [1.82, 2.24) is 0 Å². The van der Waals surface area contributed by atoms with Gasteiger partial charge in [-0.25, -0.2) is 0 Å². The second-order valence-electron chi connectivity index (χ2n) is 3.50. The summed E-state index contributed by atoms with van der Waals surface area (Å²) in [7, 11) is -4.40. The van der Waals surface area contributed by atoms with Gasteiger partial charge in [0.25, 0.3) is 0 Å². The van der Waals surface area contributed by atoms with Gasteiger partial charge in [0.2, 0.25) is 0 Å². The number of rotatable bonds is 6. The topological polar surface area (TPSA) is 35.5 Å². The van der Waals surface area contributed by atoms with E-state index in [1.807, 2.05) is 0 Å². The molecule has 0 rings (SSSR count). The molecule has 0 saturated heterocycles. The third-order valence-corrected chi connectivity index (χ3v) is 5.01. The largest absolute Gasteiger partial charge is 0.411 e. The van der Waals surface area contributed by atoms with Crippen molar-refractivity contribution in [2.75, 3.05) is 6.26 Å². The minimum Gasteiger partial charge on any atom is -0.301 e. The molecular weight excluding hydrogens is 245 g/mol. The van der Waals surface area contributed by atoms with E-state index in [1.165, 1.54) is 34.0 Å². The van der Waals surface area contributed by atoms with Gasteiger partial charge in [0.15, 0.2) is 0 Å². The number of halogens is 2. The Morgan fingerprint density at radius 2 is 1.47 bits per heavy atom. The molecule has 0 heterocycles. The Hall–Kier alpha value is 0.360. The molecule has 0 atom stereocenters. The van der Waals surface area contributed by atoms with Crippen LogP contribution in [-0.4, -0.2) is 23.5 Å². The third-order valence-electron chi connectivity index (χ3n) is 1.26. The predicted octanol–water partition coefficient (Wildman–Crippen LogP) is 3.94. The first-order valence-corrected chi connectivity index (χ1v) is 7.31. The second kappa shape index (κ2) is 5.62. The molecule has 0 radical (unpaired) electrons. The summed E-state index contributed by atoms with van der Waals surface area (Å²) < 4.78 is 48.1. The lowest BCUT2D eigenvalue weighted by Gasteiger charge is -2.27. The fraction of sp³-hybridized carbons (Fsp3) is 1.00. The summed E-state index contributed by atoms with van der Waals surface area (Å²) in [4.78, 5) is -3.51. The van der Waals surface area contributed by atoms with Crippen molar-refractivity contribution in [1.29, 1.82) is 0 Å². The highest BCUT2D eigenvalue weighted by Crippen LogP contribution is 2.67. The maximum atomic E-state index is 13.4. The van der Waals surface area contributed by atoms with E-state index < -0.39 is 24.8 Å². The van der Waals surface area contributed by atoms with Gasteiger partial charge < -0.3 is 9.05 Å². The zero-order valence-corrected chi connectivity index (χ0v) is 11.2. The molecule has 0 amide bonds. The maximum absolute atomic E-state index is 13.4. The van der Waals surface area contributed by atoms with Gasteiger partial charge >= 0.3 is 12.6 Å². The van der Waals surface area contributed by atoms with Gasteiger partial charge in [-0.15, -0.1) is 0 Å². The molecule has 7 heteroatoms. The number of alkyl halides is 2. The predicted molar refractivity (Wildman–Crippen MR) is 58.5 cm³/mol. The average molecular weight is 262 g/mol. The molecule has 0 bridgehead atoms. The van der Waals surface area contributed by atoms with Crippen LogP contribution in [0.1, 0.15) is 27.7 Å². The van der Waals surface area contributed by atoms with Crippen LogP contribution in [0.5, 0.6) is 0 Å². The summed E-state index contributed by atoms with van der Waals surface area (Å²) in [6.07, 6.45) is 0.0141. The van der Waals surface area contributed by atoms with Crippen molar-refractivity contribution in [2.45, 2.75) is 44.9 Å². The normalized spacial score (nSPS) is 13.9. The van der Waals surface area contributed by atoms with Crippen LogP contribution in [-0.2, 0) is 13.6 Å². The van der Waals surface area contributed by atoms with Crippen LogP contribution in [0.15, 0.2) is 0 Å². The van der Waals surface area contributed by atoms with Gasteiger partial charge in [-0.05, 0) is 34.0 Å². The molecule has 0 spiro atoms. The zero-order valence-electron chi connectivity index (χ0n) is 9.49. The van der Waals surface area contributed by atoms with Crippen LogP contribution in [0, 0.1) is 0 Å². The highest BCUT2D eigenvalue weighted by Gasteiger charge is 2.54. The first-order chi connectivity index (χ1) is 6.64. The fourth-order valence-electron chi connectivity index (χ4n) is 0.814. The molecule has 0 aromatic rings. The Labute approximate surface area is 93.4 Å². The van der Waals surface area contributed by atoms with E-state index in [0.717, 1.165) is 0 Å². The van der Waals surface area contributed by atoms with Crippen molar-refractivity contribution in [3.05, 3.63) is 0 Å². The first-order valence-electron chi connectivity index (χ1n) is 4.54. The molecule has 0 unspecified atom stereocenters. The van der Waals surface area contributed by atoms with E-state index >= 15 is 0 Å². The monoisotopic (exact) mass is 262 g/mol. The molecule has 3 nitrogen and oxygen atoms in total. The van der Waals surface area contributed by atoms with Crippen molar-refractivity contribution in [3.63, 3.8) is 0 Å². The van der Waals surface area contributed by atoms with Crippen LogP contribution in [0.25, 0.3) is 0 Å². The highest BCUT2D eigenvalue weighted by molar-refractivity contribution is 8.05. The molecule has 0 aliphatic rings. The molecule has 0 saturated carbocycles. The van der Waals surface area contributed by atoms with E-state index in [2.05, 4.69) is 0 Å². The summed E-state index contributed by atoms with van der Waals surface area (Å²) in [5.74, 6) is 0. The molecule has 0 aliphatic carbocycles. The van der Waals surface area contributed by atoms with Crippen LogP contribution in [0.2, 0.25) is 0 Å². The third kappa shape index (κ3) is 4.39. The average Bonchev–Trinajstić information content (AvgIpc) is 2.00. The molecule has 0 aliphatic heterocycles. The minimum absolute atomic E-state index is 0.172. The number of hydrogen-bond acceptors (Lipinski definition) is 4. The lowest BCUT2D eigenvalue weighted by molar-refractivity contribution is 0.0757. The summed E-state index contributed by atoms with van der Waals surface area (Å²) >= 11 is 0.172. The molecule has 0 aromatic heterocycles. The van der Waals surface area contributed by atoms with Crippen LogP contribution in [0.3, 0.4) is 0 Å². The first kappa shape index (κ1) is 15.4. The van der Waals surface area contributed by atoms with E-state index in [0.29, 0.717) is 0 Å². The van der Waals surface area contributed by atoms with Crippen LogP contribution < -0.4 is 0 Å². The van der Waals surface area contributed by atoms with Gasteiger partial charge in [0.05, 0.1) is 12.2 Å². The Bertz CT molecular complexity index is 232. The van der Waals surface area contributed by atoms with E-state index in [-0.39, 0.29) is 11.8 Å². The van der Waals surface area contributed by atoms with Gasteiger partial charge in [0, 0.05) is 0 Å². The van der Waals surface area contributed by atoms with Gasteiger partial charge in [-0.1, -0.05) is 11.8 Å². The summed E-state index contributed by atoms with van der Waals surface area (Å²) in [5.41, 5.74) is 0. The molecule has 15 heavy (non-hydrogen) atoms. The summed E-state index contributed by atoms with van der Waals surface area (Å²) in [5, 5.41) is 0. The van der Waals surface area contributed by atoms with Gasteiger partial charge in [-0.3, -0.25) is 4.57 Å². The van der Waals surface area contributed by atoms with Crippen LogP contribution >= 0.6 is 19.4 Å². The SMILES string of the molecule is CSC(F)(F)P(=O)(OC(C)C)OC(C)C. The Morgan fingerprint density at radius 3 is 1.67 bits per heavy atom. The molecule has 0 fully saturated rings. The zero-order chi connectivity index (χ0) is 12.3. The number of hydrogen-bond donors (Lipinski definition) is 0. The van der Waals surface area contributed by atoms with Crippen molar-refractivity contribution < 1.29 is 22.4 Å². The van der Waals surface area contributed by atoms with Crippen molar-refractivity contribution in [2.24, 2.45) is 0 Å². The Balaban J connectivity index is 4.94. The Kier molecular flexibility index (Phi) is 5.75. The summed E-state index contributed by atoms with van der Waals surface area (Å²) in [6.45, 7) is 6.14. The van der Waals surface area contributed by atoms with E-state index in [4.69, 9.17) is 9.05 Å². The fourth-order valence-corrected chi connectivity index (χ4v) is 3.37. The van der Waals surface area contributed by atoms with Gasteiger partial charge in [-0.2, -0.15) is 8.78 Å². The second-order valence-corrected chi connectivity index (χ2v) is 6.70. The Morgan fingerprint density at radius 1 is 1.13 bits per heavy atom. The quantitative estimate of drug-likeness (QED) is 0.679. The summed E-state index contributed by atoms with van der Waals surface area (Å²) in [6, 6.07) is 0. The maximum Gasteiger partial charge on any atom is 0.411 e. The van der Waals surface area contributed by atoms with Crippen LogP contribution in [0.4, 0.5) is 8.78 Å². The standard InChI is InChI=1S/C8H17F2O3PS/c1-6(2)12-14(11,13-7(3)4)8(9,10)15-5/h6-7H,1-5H3. The smallest absolute Gasteiger partial charge is 0.301 e. The van der Waals surface area contributed by atoms with Gasteiger partial charge in [0.1, 0.15) is 0 Å². The molecule has 92 valence electrons. The van der Waals surface area contributed by atoms with Crippen molar-refractivity contribution in [3.8, 4) is 0 Å². The number of thioether (sulfide) groups is 1. The highest BCUT2D eigenvalue weighted by atomic mass is 32.2. The molecule has 0 aromatic carbocycles. The lowest BCUT2D eigenvalue weighted by atomic mass is 10.5. The molecule has 0 N–H and O–H groups in total. The van der Waals surface area contributed by atoms with Crippen molar-refractivity contribution >= 4 is 19.4 Å².